The Kier molecular flexibility index (Phi) is 1.73. The zero-order valence-electron chi connectivity index (χ0n) is 3.07. The van der Waals surface area contributed by atoms with Gasteiger partial charge in [-0.05, 0) is 0 Å². The first kappa shape index (κ1) is 6.38. The van der Waals surface area contributed by atoms with Crippen LogP contribution in [0.4, 0.5) is 0 Å². The van der Waals surface area contributed by atoms with Gasteiger partial charge in [0, 0.05) is 0 Å². The molecule has 0 saturated carbocycles. The van der Waals surface area contributed by atoms with Crippen LogP contribution >= 0.6 is 0 Å². The zero-order valence-corrected chi connectivity index (χ0v) is 3.88. The molecule has 0 aliphatic rings. The normalized spacial score (nSPS) is 10.4. The van der Waals surface area contributed by atoms with E-state index < -0.39 is 10.4 Å². The summed E-state index contributed by atoms with van der Waals surface area (Å²) in [5.74, 6) is 0. The fourth-order valence-corrected chi connectivity index (χ4v) is 0.149. The van der Waals surface area contributed by atoms with Crippen molar-refractivity contribution in [3.05, 3.63) is 0 Å². The maximum atomic E-state index is 9.33. The van der Waals surface area contributed by atoms with E-state index in [-0.39, 0.29) is 6.47 Å². The summed E-state index contributed by atoms with van der Waals surface area (Å²) in [6.07, 6.45) is 0. The highest BCUT2D eigenvalue weighted by atomic mass is 32.3. The highest BCUT2D eigenvalue weighted by Gasteiger charge is 1.98. The molecule has 0 aromatic carbocycles. The van der Waals surface area contributed by atoms with Crippen molar-refractivity contribution in [3.63, 3.8) is 0 Å². The summed E-state index contributed by atoms with van der Waals surface area (Å²) in [5.41, 5.74) is 0. The van der Waals surface area contributed by atoms with Crippen LogP contribution in [-0.2, 0) is 19.4 Å². The third-order valence-electron chi connectivity index (χ3n) is 0.161. The van der Waals surface area contributed by atoms with Gasteiger partial charge in [0.05, 0.1) is 0 Å². The first-order chi connectivity index (χ1) is 3.06. The molecule has 0 amide bonds. The summed E-state index contributed by atoms with van der Waals surface area (Å²) < 4.78 is 29.3. The monoisotopic (exact) mass is 126 g/mol. The van der Waals surface area contributed by atoms with Crippen molar-refractivity contribution in [2.24, 2.45) is 0 Å². The van der Waals surface area contributed by atoms with Gasteiger partial charge in [0.15, 0.2) is 0 Å². The lowest BCUT2D eigenvalue weighted by atomic mass is 11.7. The van der Waals surface area contributed by atoms with Crippen molar-refractivity contribution in [1.82, 2.24) is 0 Å². The Balaban J connectivity index is 3.84. The standard InChI is InChI=1S/CH2O5S/c2-1-6-7(3,4)5/h1H,(H,3,4,5). The molecule has 0 heterocycles. The molecule has 0 aliphatic heterocycles. The van der Waals surface area contributed by atoms with Crippen molar-refractivity contribution >= 4 is 16.9 Å². The summed E-state index contributed by atoms with van der Waals surface area (Å²) in [6.45, 7) is -0.380. The average molecular weight is 126 g/mol. The van der Waals surface area contributed by atoms with Gasteiger partial charge in [0.1, 0.15) is 0 Å². The number of carbonyl (C=O) groups excluding carboxylic acids is 1. The topological polar surface area (TPSA) is 80.7 Å². The second-order valence-corrected chi connectivity index (χ2v) is 1.67. The third-order valence-corrected chi connectivity index (χ3v) is 0.483. The predicted molar refractivity (Wildman–Crippen MR) is 18.7 cm³/mol. The van der Waals surface area contributed by atoms with E-state index in [1.165, 1.54) is 0 Å². The molecule has 0 saturated heterocycles. The van der Waals surface area contributed by atoms with Gasteiger partial charge in [-0.15, -0.1) is 0 Å². The van der Waals surface area contributed by atoms with Crippen molar-refractivity contribution in [2.45, 2.75) is 0 Å². The second-order valence-electron chi connectivity index (χ2n) is 0.620. The second kappa shape index (κ2) is 1.90. The van der Waals surface area contributed by atoms with Crippen LogP contribution in [-0.4, -0.2) is 19.4 Å². The quantitative estimate of drug-likeness (QED) is 0.377. The van der Waals surface area contributed by atoms with E-state index in [1.54, 1.807) is 0 Å². The fraction of sp³-hybridized carbons (Fsp3) is 0. The van der Waals surface area contributed by atoms with Gasteiger partial charge in [-0.2, -0.15) is 8.42 Å². The number of carbonyl (C=O) groups is 1. The molecule has 0 radical (unpaired) electrons. The van der Waals surface area contributed by atoms with Crippen molar-refractivity contribution in [2.75, 3.05) is 0 Å². The van der Waals surface area contributed by atoms with Crippen molar-refractivity contribution in [1.29, 1.82) is 0 Å². The van der Waals surface area contributed by atoms with Crippen LogP contribution in [0.15, 0.2) is 0 Å². The summed E-state index contributed by atoms with van der Waals surface area (Å²) in [7, 11) is -4.54. The van der Waals surface area contributed by atoms with E-state index in [2.05, 4.69) is 4.18 Å². The molecule has 0 spiro atoms. The first-order valence-corrected chi connectivity index (χ1v) is 2.52. The SMILES string of the molecule is O=COS(=O)(=O)O. The minimum atomic E-state index is -4.54. The lowest BCUT2D eigenvalue weighted by molar-refractivity contribution is -0.120. The van der Waals surface area contributed by atoms with E-state index in [4.69, 9.17) is 9.35 Å². The van der Waals surface area contributed by atoms with Crippen LogP contribution in [0.5, 0.6) is 0 Å². The van der Waals surface area contributed by atoms with Crippen molar-refractivity contribution in [3.8, 4) is 0 Å². The first-order valence-electron chi connectivity index (χ1n) is 1.15. The smallest absolute Gasteiger partial charge is 0.328 e. The Bertz CT molecular complexity index is 141. The average Bonchev–Trinajstić information content (AvgIpc) is 1.30. The molecule has 5 nitrogen and oxygen atoms in total. The Morgan fingerprint density at radius 1 is 1.57 bits per heavy atom. The van der Waals surface area contributed by atoms with Gasteiger partial charge in [-0.3, -0.25) is 9.35 Å². The lowest BCUT2D eigenvalue weighted by Gasteiger charge is -1.83. The van der Waals surface area contributed by atoms with Crippen LogP contribution in [0.2, 0.25) is 0 Å². The molecule has 0 unspecified atom stereocenters. The van der Waals surface area contributed by atoms with Crippen LogP contribution in [0.25, 0.3) is 0 Å². The van der Waals surface area contributed by atoms with Crippen LogP contribution < -0.4 is 0 Å². The van der Waals surface area contributed by atoms with E-state index >= 15 is 0 Å². The van der Waals surface area contributed by atoms with E-state index in [9.17, 15) is 8.42 Å². The molecule has 42 valence electrons. The molecule has 0 aromatic rings. The van der Waals surface area contributed by atoms with Gasteiger partial charge in [0.25, 0.3) is 0 Å². The molecule has 0 rings (SSSR count). The van der Waals surface area contributed by atoms with Gasteiger partial charge in [0.2, 0.25) is 0 Å². The largest absolute Gasteiger partial charge is 0.448 e. The van der Waals surface area contributed by atoms with E-state index in [1.807, 2.05) is 0 Å². The molecule has 0 aliphatic carbocycles. The maximum absolute atomic E-state index is 9.33. The number of hydrogen-bond donors (Lipinski definition) is 1. The molecular formula is CH2O5S. The number of rotatable bonds is 2. The molecule has 0 atom stereocenters. The van der Waals surface area contributed by atoms with E-state index in [0.29, 0.717) is 0 Å². The Labute approximate surface area is 39.9 Å². The van der Waals surface area contributed by atoms with Gasteiger partial charge in [-0.25, -0.2) is 0 Å². The Hall–Kier alpha value is -0.620. The molecule has 7 heavy (non-hydrogen) atoms. The molecule has 0 bridgehead atoms. The van der Waals surface area contributed by atoms with E-state index in [0.717, 1.165) is 0 Å². The molecular weight excluding hydrogens is 124 g/mol. The summed E-state index contributed by atoms with van der Waals surface area (Å²) >= 11 is 0. The van der Waals surface area contributed by atoms with Gasteiger partial charge in [-0.1, -0.05) is 0 Å². The zero-order chi connectivity index (χ0) is 5.91. The molecule has 6 heteroatoms. The van der Waals surface area contributed by atoms with Crippen LogP contribution in [0.3, 0.4) is 0 Å². The molecule has 0 fully saturated rings. The fourth-order valence-electron chi connectivity index (χ4n) is 0.0496. The number of hydrogen-bond acceptors (Lipinski definition) is 4. The Morgan fingerprint density at radius 3 is 2.00 bits per heavy atom. The summed E-state index contributed by atoms with van der Waals surface area (Å²) in [4.78, 5) is 9.06. The van der Waals surface area contributed by atoms with Crippen LogP contribution in [0.1, 0.15) is 0 Å². The highest BCUT2D eigenvalue weighted by molar-refractivity contribution is 7.81. The van der Waals surface area contributed by atoms with Crippen LogP contribution in [0, 0.1) is 0 Å². The summed E-state index contributed by atoms with van der Waals surface area (Å²) in [5, 5.41) is 0. The molecule has 0 aromatic heterocycles. The van der Waals surface area contributed by atoms with Gasteiger partial charge < -0.3 is 4.18 Å². The summed E-state index contributed by atoms with van der Waals surface area (Å²) in [6, 6.07) is 0. The molecule has 1 N–H and O–H groups in total. The van der Waals surface area contributed by atoms with Crippen molar-refractivity contribution < 1.29 is 21.9 Å². The van der Waals surface area contributed by atoms with Gasteiger partial charge >= 0.3 is 16.9 Å². The lowest BCUT2D eigenvalue weighted by Crippen LogP contribution is -2.00. The predicted octanol–water partition coefficient (Wildman–Crippen LogP) is -1.04. The maximum Gasteiger partial charge on any atom is 0.448 e. The minimum Gasteiger partial charge on any atom is -0.328 e. The third kappa shape index (κ3) is 5.38. The highest BCUT2D eigenvalue weighted by Crippen LogP contribution is 1.76. The minimum absolute atomic E-state index is 0.380. The Morgan fingerprint density at radius 2 is 2.00 bits per heavy atom.